The van der Waals surface area contributed by atoms with Crippen molar-refractivity contribution in [3.63, 3.8) is 0 Å². The Morgan fingerprint density at radius 2 is 1.16 bits per heavy atom. The molecule has 0 aliphatic heterocycles. The first-order valence-corrected chi connectivity index (χ1v) is 19.8. The number of fused-ring (bicyclic) bond motifs is 1. The molecule has 0 aliphatic rings. The number of nitrogens with zero attached hydrogens (tertiary/aromatic N) is 3. The predicted molar refractivity (Wildman–Crippen MR) is 236 cm³/mol. The summed E-state index contributed by atoms with van der Waals surface area (Å²) in [5.74, 6) is 0.970. The minimum Gasteiger partial charge on any atom is -0.507 e. The van der Waals surface area contributed by atoms with E-state index in [4.69, 9.17) is 9.97 Å². The van der Waals surface area contributed by atoms with E-state index in [1.165, 1.54) is 11.1 Å². The van der Waals surface area contributed by atoms with Gasteiger partial charge in [0.15, 0.2) is 0 Å². The number of benzene rings is 5. The van der Waals surface area contributed by atoms with E-state index in [1.54, 1.807) is 0 Å². The molecule has 296 valence electrons. The monoisotopic (exact) mass is 933 g/mol. The van der Waals surface area contributed by atoms with Crippen LogP contribution in [-0.4, -0.2) is 19.6 Å². The van der Waals surface area contributed by atoms with Crippen molar-refractivity contribution in [3.8, 4) is 56.3 Å². The molecule has 0 atom stereocenters. The fourth-order valence-corrected chi connectivity index (χ4v) is 7.35. The Labute approximate surface area is 354 Å². The Morgan fingerprint density at radius 3 is 1.77 bits per heavy atom. The Kier molecular flexibility index (Phi) is 11.1. The van der Waals surface area contributed by atoms with Crippen molar-refractivity contribution in [2.45, 2.75) is 105 Å². The average Bonchev–Trinajstić information content (AvgIpc) is 3.53. The minimum absolute atomic E-state index is 0. The second-order valence-corrected chi connectivity index (χ2v) is 19.4. The van der Waals surface area contributed by atoms with Crippen LogP contribution in [0.15, 0.2) is 115 Å². The molecule has 5 aromatic carbocycles. The summed E-state index contributed by atoms with van der Waals surface area (Å²) in [6, 6.07) is 42.4. The molecule has 5 heteroatoms. The molecule has 57 heavy (non-hydrogen) atoms. The third-order valence-corrected chi connectivity index (χ3v) is 10.9. The van der Waals surface area contributed by atoms with Gasteiger partial charge in [-0.15, -0.1) is 29.3 Å². The van der Waals surface area contributed by atoms with E-state index in [0.29, 0.717) is 5.82 Å². The fraction of sp³-hybridized carbons (Fsp3) is 0.308. The molecule has 0 amide bonds. The number of hydrogen-bond donors (Lipinski definition) is 1. The maximum atomic E-state index is 12.2. The third-order valence-electron chi connectivity index (χ3n) is 10.9. The van der Waals surface area contributed by atoms with E-state index in [0.717, 1.165) is 66.9 Å². The number of imidazole rings is 1. The molecule has 7 rings (SSSR count). The van der Waals surface area contributed by atoms with Crippen molar-refractivity contribution in [3.05, 3.63) is 144 Å². The number of phenols is 1. The van der Waals surface area contributed by atoms with Crippen molar-refractivity contribution >= 4 is 11.0 Å². The van der Waals surface area contributed by atoms with Gasteiger partial charge in [0.2, 0.25) is 0 Å². The molecule has 0 spiro atoms. The van der Waals surface area contributed by atoms with Crippen LogP contribution in [0.4, 0.5) is 0 Å². The molecule has 1 N–H and O–H groups in total. The van der Waals surface area contributed by atoms with Crippen molar-refractivity contribution in [1.29, 1.82) is 0 Å². The van der Waals surface area contributed by atoms with E-state index >= 15 is 0 Å². The van der Waals surface area contributed by atoms with Crippen LogP contribution in [-0.2, 0) is 42.7 Å². The topological polar surface area (TPSA) is 50.9 Å². The summed E-state index contributed by atoms with van der Waals surface area (Å²) in [4.78, 5) is 10.4. The van der Waals surface area contributed by atoms with E-state index in [9.17, 15) is 5.11 Å². The summed E-state index contributed by atoms with van der Waals surface area (Å²) in [6.45, 7) is 26.6. The Balaban J connectivity index is 0.00000549. The molecule has 0 radical (unpaired) electrons. The molecule has 0 aliphatic carbocycles. The molecule has 0 fully saturated rings. The number of phenolic OH excluding ortho intramolecular Hbond substituents is 1. The SMILES string of the molecule is CC(C)(C)c1ccc(-n2c(-c3cc(C(C)(C)C)cc(C(C)(C)C)c3O)nc3c(-c4[c-]c(-c5cc(-c6ccccc6)ccn5)cc(C(C)(C)C)c4)cccc32)cc1.[Pt]. The first kappa shape index (κ1) is 41.8. The summed E-state index contributed by atoms with van der Waals surface area (Å²) in [7, 11) is 0. The van der Waals surface area contributed by atoms with Crippen LogP contribution in [0.25, 0.3) is 61.6 Å². The number of rotatable bonds is 5. The van der Waals surface area contributed by atoms with Gasteiger partial charge in [-0.1, -0.05) is 161 Å². The zero-order chi connectivity index (χ0) is 40.4. The van der Waals surface area contributed by atoms with E-state index in [1.807, 2.05) is 12.3 Å². The molecule has 0 saturated heterocycles. The molecule has 2 aromatic heterocycles. The minimum atomic E-state index is -0.291. The molecule has 0 bridgehead atoms. The maximum Gasteiger partial charge on any atom is 0.148 e. The molecule has 4 nitrogen and oxygen atoms in total. The smallest absolute Gasteiger partial charge is 0.148 e. The van der Waals surface area contributed by atoms with E-state index < -0.39 is 0 Å². The van der Waals surface area contributed by atoms with Gasteiger partial charge in [-0.25, -0.2) is 4.98 Å². The number of para-hydroxylation sites is 1. The van der Waals surface area contributed by atoms with Crippen molar-refractivity contribution in [2.24, 2.45) is 0 Å². The van der Waals surface area contributed by atoms with Crippen molar-refractivity contribution in [1.82, 2.24) is 14.5 Å². The standard InChI is InChI=1S/C52H56N3O.Pt/c1-49(2,3)37-21-23-40(24-22-37)55-45-20-16-19-41(46(45)54-48(55)42-31-39(51(7,8)9)32-43(47(42)56)52(10,11)12)35-27-36(29-38(28-35)50(4,5)6)44-30-34(25-26-53-44)33-17-14-13-15-18-33;/h13-26,28-32,56H,1-12H3;/q-1;. The van der Waals surface area contributed by atoms with Crippen LogP contribution < -0.4 is 0 Å². The second-order valence-electron chi connectivity index (χ2n) is 19.4. The van der Waals surface area contributed by atoms with Gasteiger partial charge >= 0.3 is 0 Å². The fourth-order valence-electron chi connectivity index (χ4n) is 7.35. The third kappa shape index (κ3) is 8.44. The molecule has 0 unspecified atom stereocenters. The first-order chi connectivity index (χ1) is 26.2. The first-order valence-electron chi connectivity index (χ1n) is 19.8. The maximum absolute atomic E-state index is 12.2. The Bertz CT molecular complexity index is 2550. The molecular formula is C52H56N3OPt-. The molecule has 7 aromatic rings. The van der Waals surface area contributed by atoms with Crippen LogP contribution in [0.5, 0.6) is 5.75 Å². The zero-order valence-corrected chi connectivity index (χ0v) is 37.8. The van der Waals surface area contributed by atoms with Gasteiger partial charge in [-0.3, -0.25) is 9.55 Å². The summed E-state index contributed by atoms with van der Waals surface area (Å²) in [6.07, 6.45) is 1.89. The number of aromatic nitrogens is 3. The molecular weight excluding hydrogens is 878 g/mol. The summed E-state index contributed by atoms with van der Waals surface area (Å²) in [5.41, 5.74) is 13.4. The van der Waals surface area contributed by atoms with Gasteiger partial charge in [0.25, 0.3) is 0 Å². The van der Waals surface area contributed by atoms with E-state index in [2.05, 4.69) is 197 Å². The van der Waals surface area contributed by atoms with Gasteiger partial charge in [-0.05, 0) is 74.2 Å². The van der Waals surface area contributed by atoms with Gasteiger partial charge in [0, 0.05) is 44.2 Å². The van der Waals surface area contributed by atoms with Crippen LogP contribution in [0.1, 0.15) is 105 Å². The summed E-state index contributed by atoms with van der Waals surface area (Å²) >= 11 is 0. The zero-order valence-electron chi connectivity index (χ0n) is 35.6. The molecule has 0 saturated carbocycles. The largest absolute Gasteiger partial charge is 0.507 e. The second kappa shape index (κ2) is 15.2. The summed E-state index contributed by atoms with van der Waals surface area (Å²) in [5, 5.41) is 12.2. The quantitative estimate of drug-likeness (QED) is 0.175. The molecule has 2 heterocycles. The van der Waals surface area contributed by atoms with E-state index in [-0.39, 0.29) is 48.5 Å². The van der Waals surface area contributed by atoms with Gasteiger partial charge < -0.3 is 5.11 Å². The number of hydrogen-bond acceptors (Lipinski definition) is 3. The Hall–Kier alpha value is -4.79. The van der Waals surface area contributed by atoms with Crippen LogP contribution in [0.2, 0.25) is 0 Å². The van der Waals surface area contributed by atoms with Crippen molar-refractivity contribution < 1.29 is 26.2 Å². The average molecular weight is 934 g/mol. The van der Waals surface area contributed by atoms with Gasteiger partial charge in [0.05, 0.1) is 16.6 Å². The number of aromatic hydroxyl groups is 1. The van der Waals surface area contributed by atoms with Gasteiger partial charge in [0.1, 0.15) is 11.6 Å². The summed E-state index contributed by atoms with van der Waals surface area (Å²) < 4.78 is 2.22. The Morgan fingerprint density at radius 1 is 0.544 bits per heavy atom. The predicted octanol–water partition coefficient (Wildman–Crippen LogP) is 13.8. The number of pyridine rings is 1. The van der Waals surface area contributed by atoms with Crippen LogP contribution >= 0.6 is 0 Å². The van der Waals surface area contributed by atoms with Crippen molar-refractivity contribution in [2.75, 3.05) is 0 Å². The van der Waals surface area contributed by atoms with Crippen LogP contribution in [0, 0.1) is 6.07 Å². The van der Waals surface area contributed by atoms with Gasteiger partial charge in [-0.2, -0.15) is 0 Å². The normalized spacial score (nSPS) is 12.5. The van der Waals surface area contributed by atoms with Crippen LogP contribution in [0.3, 0.4) is 0 Å².